The van der Waals surface area contributed by atoms with Crippen molar-refractivity contribution < 1.29 is 14.6 Å². The van der Waals surface area contributed by atoms with Crippen molar-refractivity contribution >= 4 is 39.2 Å². The molecule has 1 atom stereocenters. The lowest BCUT2D eigenvalue weighted by Gasteiger charge is -2.26. The van der Waals surface area contributed by atoms with E-state index in [0.29, 0.717) is 15.2 Å². The molecule has 0 aromatic heterocycles. The smallest absolute Gasteiger partial charge is 0.331 e. The number of hydrogen-bond donors (Lipinski definition) is 2. The molecule has 2 N–H and O–H groups in total. The van der Waals surface area contributed by atoms with Crippen molar-refractivity contribution in [3.63, 3.8) is 0 Å². The number of ether oxygens (including phenoxy) is 1. The molecule has 0 aliphatic carbocycles. The molecule has 1 unspecified atom stereocenters. The molecule has 0 heterocycles. The van der Waals surface area contributed by atoms with Gasteiger partial charge in [0.25, 0.3) is 0 Å². The molecule has 0 aliphatic rings. The third-order valence-corrected chi connectivity index (χ3v) is 3.46. The highest BCUT2D eigenvalue weighted by Gasteiger charge is 2.33. The predicted molar refractivity (Wildman–Crippen MR) is 70.7 cm³/mol. The highest BCUT2D eigenvalue weighted by Crippen LogP contribution is 2.27. The summed E-state index contributed by atoms with van der Waals surface area (Å²) in [5.74, 6) is -0.981. The number of rotatable bonds is 5. The highest BCUT2D eigenvalue weighted by atomic mass is 79.9. The lowest BCUT2D eigenvalue weighted by atomic mass is 10.0. The molecule has 0 radical (unpaired) electrons. The second-order valence-corrected chi connectivity index (χ2v) is 5.09. The number of carboxylic acids is 1. The van der Waals surface area contributed by atoms with Gasteiger partial charge >= 0.3 is 5.97 Å². The van der Waals surface area contributed by atoms with Gasteiger partial charge in [0, 0.05) is 17.3 Å². The topological polar surface area (TPSA) is 58.6 Å². The second-order valence-electron chi connectivity index (χ2n) is 3.82. The number of benzene rings is 1. The number of carboxylic acid groups (broad SMARTS) is 1. The molecular weight excluding hydrogens is 309 g/mol. The fraction of sp³-hybridized carbons (Fsp3) is 0.364. The highest BCUT2D eigenvalue weighted by molar-refractivity contribution is 9.10. The summed E-state index contributed by atoms with van der Waals surface area (Å²) >= 11 is 9.14. The molecule has 0 saturated heterocycles. The molecule has 4 nitrogen and oxygen atoms in total. The molecule has 0 aliphatic heterocycles. The van der Waals surface area contributed by atoms with E-state index in [2.05, 4.69) is 21.2 Å². The van der Waals surface area contributed by atoms with Crippen LogP contribution in [0.4, 0.5) is 5.69 Å². The minimum Gasteiger partial charge on any atom is -0.479 e. The van der Waals surface area contributed by atoms with Crippen LogP contribution in [0.15, 0.2) is 22.7 Å². The van der Waals surface area contributed by atoms with Gasteiger partial charge in [0.15, 0.2) is 5.54 Å². The number of halogens is 2. The normalized spacial score (nSPS) is 14.1. The molecule has 0 amide bonds. The van der Waals surface area contributed by atoms with Gasteiger partial charge in [0.1, 0.15) is 0 Å². The van der Waals surface area contributed by atoms with Gasteiger partial charge in [-0.25, -0.2) is 4.79 Å². The van der Waals surface area contributed by atoms with Crippen LogP contribution in [0.2, 0.25) is 5.02 Å². The van der Waals surface area contributed by atoms with E-state index in [1.807, 2.05) is 0 Å². The Hall–Kier alpha value is -0.780. The van der Waals surface area contributed by atoms with E-state index in [1.165, 1.54) is 7.11 Å². The third kappa shape index (κ3) is 3.59. The van der Waals surface area contributed by atoms with E-state index in [9.17, 15) is 4.79 Å². The molecule has 0 fully saturated rings. The quantitative estimate of drug-likeness (QED) is 0.875. The summed E-state index contributed by atoms with van der Waals surface area (Å²) < 4.78 is 5.62. The predicted octanol–water partition coefficient (Wildman–Crippen LogP) is 3.00. The van der Waals surface area contributed by atoms with Gasteiger partial charge in [-0.1, -0.05) is 11.6 Å². The van der Waals surface area contributed by atoms with Crippen molar-refractivity contribution in [2.24, 2.45) is 0 Å². The Kier molecular flexibility index (Phi) is 4.80. The lowest BCUT2D eigenvalue weighted by Crippen LogP contribution is -2.47. The summed E-state index contributed by atoms with van der Waals surface area (Å²) in [6.07, 6.45) is 0. The van der Waals surface area contributed by atoms with Crippen LogP contribution < -0.4 is 5.32 Å². The van der Waals surface area contributed by atoms with Crippen molar-refractivity contribution in [2.75, 3.05) is 19.0 Å². The van der Waals surface area contributed by atoms with Gasteiger partial charge in [0.05, 0.1) is 11.6 Å². The maximum Gasteiger partial charge on any atom is 0.331 e. The van der Waals surface area contributed by atoms with Crippen molar-refractivity contribution in [1.29, 1.82) is 0 Å². The summed E-state index contributed by atoms with van der Waals surface area (Å²) in [5, 5.41) is 12.6. The summed E-state index contributed by atoms with van der Waals surface area (Å²) in [7, 11) is 1.46. The minimum absolute atomic E-state index is 0.0581. The van der Waals surface area contributed by atoms with Gasteiger partial charge in [-0.05, 0) is 41.1 Å². The van der Waals surface area contributed by atoms with Gasteiger partial charge in [-0.15, -0.1) is 0 Å². The Bertz CT molecular complexity index is 427. The monoisotopic (exact) mass is 321 g/mol. The van der Waals surface area contributed by atoms with Crippen LogP contribution in [0.1, 0.15) is 6.92 Å². The molecule has 17 heavy (non-hydrogen) atoms. The average molecular weight is 323 g/mol. The Morgan fingerprint density at radius 1 is 1.65 bits per heavy atom. The first-order chi connectivity index (χ1) is 7.89. The van der Waals surface area contributed by atoms with Gasteiger partial charge in [0.2, 0.25) is 0 Å². The molecule has 94 valence electrons. The lowest BCUT2D eigenvalue weighted by molar-refractivity contribution is -0.143. The van der Waals surface area contributed by atoms with Crippen molar-refractivity contribution in [1.82, 2.24) is 0 Å². The van der Waals surface area contributed by atoms with E-state index in [4.69, 9.17) is 21.4 Å². The second kappa shape index (κ2) is 5.71. The molecule has 0 spiro atoms. The number of hydrogen-bond acceptors (Lipinski definition) is 3. The molecule has 1 aromatic carbocycles. The summed E-state index contributed by atoms with van der Waals surface area (Å²) in [6, 6.07) is 5.12. The minimum atomic E-state index is -1.18. The number of aliphatic carboxylic acids is 1. The summed E-state index contributed by atoms with van der Waals surface area (Å²) in [5.41, 5.74) is -0.523. The van der Waals surface area contributed by atoms with Crippen LogP contribution in [-0.4, -0.2) is 30.3 Å². The Labute approximate surface area is 113 Å². The third-order valence-electron chi connectivity index (χ3n) is 2.24. The SMILES string of the molecule is COCC(C)(Nc1ccc(Cl)c(Br)c1)C(=O)O. The summed E-state index contributed by atoms with van der Waals surface area (Å²) in [6.45, 7) is 1.62. The standard InChI is InChI=1S/C11H13BrClNO3/c1-11(6-17-2,10(15)16)14-7-3-4-9(13)8(12)5-7/h3-5,14H,6H2,1-2H3,(H,15,16). The molecule has 1 aromatic rings. The molecule has 6 heteroatoms. The fourth-order valence-corrected chi connectivity index (χ4v) is 1.83. The zero-order valence-electron chi connectivity index (χ0n) is 9.46. The van der Waals surface area contributed by atoms with E-state index >= 15 is 0 Å². The number of methoxy groups -OCH3 is 1. The van der Waals surface area contributed by atoms with Crippen molar-refractivity contribution in [3.05, 3.63) is 27.7 Å². The number of anilines is 1. The van der Waals surface area contributed by atoms with E-state index in [1.54, 1.807) is 25.1 Å². The largest absolute Gasteiger partial charge is 0.479 e. The van der Waals surface area contributed by atoms with Crippen molar-refractivity contribution in [3.8, 4) is 0 Å². The van der Waals surface area contributed by atoms with Crippen LogP contribution in [-0.2, 0) is 9.53 Å². The van der Waals surface area contributed by atoms with Gasteiger partial charge < -0.3 is 15.2 Å². The first-order valence-electron chi connectivity index (χ1n) is 4.84. The van der Waals surface area contributed by atoms with Gasteiger partial charge in [-0.2, -0.15) is 0 Å². The maximum atomic E-state index is 11.2. The Balaban J connectivity index is 2.94. The first kappa shape index (κ1) is 14.3. The zero-order valence-corrected chi connectivity index (χ0v) is 11.8. The molecule has 0 bridgehead atoms. The van der Waals surface area contributed by atoms with Crippen LogP contribution in [0.5, 0.6) is 0 Å². The average Bonchev–Trinajstić information content (AvgIpc) is 2.23. The van der Waals surface area contributed by atoms with E-state index < -0.39 is 11.5 Å². The van der Waals surface area contributed by atoms with Crippen LogP contribution in [0, 0.1) is 0 Å². The van der Waals surface area contributed by atoms with Crippen LogP contribution in [0.25, 0.3) is 0 Å². The summed E-state index contributed by atoms with van der Waals surface area (Å²) in [4.78, 5) is 11.2. The number of nitrogens with one attached hydrogen (secondary N) is 1. The first-order valence-corrected chi connectivity index (χ1v) is 6.02. The van der Waals surface area contributed by atoms with Crippen LogP contribution >= 0.6 is 27.5 Å². The molecule has 1 rings (SSSR count). The van der Waals surface area contributed by atoms with Gasteiger partial charge in [-0.3, -0.25) is 0 Å². The van der Waals surface area contributed by atoms with E-state index in [0.717, 1.165) is 0 Å². The van der Waals surface area contributed by atoms with Crippen molar-refractivity contribution in [2.45, 2.75) is 12.5 Å². The molecule has 0 saturated carbocycles. The Morgan fingerprint density at radius 3 is 2.76 bits per heavy atom. The fourth-order valence-electron chi connectivity index (χ4n) is 1.33. The molecular formula is C11H13BrClNO3. The van der Waals surface area contributed by atoms with Crippen LogP contribution in [0.3, 0.4) is 0 Å². The maximum absolute atomic E-state index is 11.2. The zero-order chi connectivity index (χ0) is 13.1. The Morgan fingerprint density at radius 2 is 2.29 bits per heavy atom. The number of carbonyl (C=O) groups is 1. The van der Waals surface area contributed by atoms with E-state index in [-0.39, 0.29) is 6.61 Å².